The zero-order valence-corrected chi connectivity index (χ0v) is 9.54. The van der Waals surface area contributed by atoms with Gasteiger partial charge in [0.1, 0.15) is 0 Å². The van der Waals surface area contributed by atoms with Crippen molar-refractivity contribution in [3.8, 4) is 5.75 Å². The van der Waals surface area contributed by atoms with E-state index < -0.39 is 5.82 Å². The number of hydrogen-bond donors (Lipinski definition) is 2. The molecule has 2 N–H and O–H groups in total. The Balaban J connectivity index is 1.81. The molecule has 1 saturated carbocycles. The van der Waals surface area contributed by atoms with Crippen molar-refractivity contribution in [2.24, 2.45) is 5.92 Å². The van der Waals surface area contributed by atoms with Crippen LogP contribution >= 0.6 is 0 Å². The highest BCUT2D eigenvalue weighted by molar-refractivity contribution is 5.27. The lowest BCUT2D eigenvalue weighted by molar-refractivity contribution is 0.430. The second kappa shape index (κ2) is 4.83. The quantitative estimate of drug-likeness (QED) is 0.804. The van der Waals surface area contributed by atoms with Gasteiger partial charge >= 0.3 is 0 Å². The molecular weight excluding hydrogens is 205 g/mol. The van der Waals surface area contributed by atoms with E-state index in [0.29, 0.717) is 12.6 Å². The molecule has 1 aromatic rings. The van der Waals surface area contributed by atoms with E-state index in [0.717, 1.165) is 11.5 Å². The summed E-state index contributed by atoms with van der Waals surface area (Å²) in [5.74, 6) is 0.0722. The van der Waals surface area contributed by atoms with Gasteiger partial charge in [0, 0.05) is 12.6 Å². The Kier molecular flexibility index (Phi) is 3.44. The average molecular weight is 223 g/mol. The van der Waals surface area contributed by atoms with E-state index in [9.17, 15) is 4.39 Å². The lowest BCUT2D eigenvalue weighted by Gasteiger charge is -2.13. The zero-order chi connectivity index (χ0) is 11.5. The summed E-state index contributed by atoms with van der Waals surface area (Å²) >= 11 is 0. The van der Waals surface area contributed by atoms with Crippen LogP contribution in [0.4, 0.5) is 4.39 Å². The Hall–Kier alpha value is -1.09. The van der Waals surface area contributed by atoms with E-state index in [1.807, 2.05) is 0 Å². The smallest absolute Gasteiger partial charge is 0.165 e. The second-order valence-electron chi connectivity index (χ2n) is 4.75. The van der Waals surface area contributed by atoms with Crippen LogP contribution in [-0.4, -0.2) is 11.1 Å². The SMILES string of the molecule is CC(CC1CC1)NCc1ccc(O)c(F)c1. The van der Waals surface area contributed by atoms with E-state index >= 15 is 0 Å². The highest BCUT2D eigenvalue weighted by Gasteiger charge is 2.23. The minimum Gasteiger partial charge on any atom is -0.505 e. The number of phenols is 1. The van der Waals surface area contributed by atoms with Crippen molar-refractivity contribution < 1.29 is 9.50 Å². The fourth-order valence-electron chi connectivity index (χ4n) is 1.89. The predicted octanol–water partition coefficient (Wildman–Crippen LogP) is 2.81. The molecule has 88 valence electrons. The van der Waals surface area contributed by atoms with Gasteiger partial charge in [0.15, 0.2) is 11.6 Å². The minimum absolute atomic E-state index is 0.283. The normalized spacial score (nSPS) is 17.4. The van der Waals surface area contributed by atoms with Crippen molar-refractivity contribution in [3.05, 3.63) is 29.6 Å². The molecule has 0 aliphatic heterocycles. The van der Waals surface area contributed by atoms with Crippen LogP contribution in [0.3, 0.4) is 0 Å². The van der Waals surface area contributed by atoms with Crippen molar-refractivity contribution >= 4 is 0 Å². The topological polar surface area (TPSA) is 32.3 Å². The Morgan fingerprint density at radius 3 is 2.88 bits per heavy atom. The molecule has 1 aliphatic carbocycles. The van der Waals surface area contributed by atoms with Gasteiger partial charge in [-0.1, -0.05) is 18.9 Å². The van der Waals surface area contributed by atoms with Gasteiger partial charge in [-0.05, 0) is 37.0 Å². The lowest BCUT2D eigenvalue weighted by atomic mass is 10.1. The fraction of sp³-hybridized carbons (Fsp3) is 0.538. The number of aromatic hydroxyl groups is 1. The van der Waals surface area contributed by atoms with Crippen LogP contribution in [0.25, 0.3) is 0 Å². The molecule has 1 unspecified atom stereocenters. The maximum atomic E-state index is 13.0. The molecule has 2 nitrogen and oxygen atoms in total. The number of nitrogens with one attached hydrogen (secondary N) is 1. The molecular formula is C13H18FNO. The van der Waals surface area contributed by atoms with Crippen molar-refractivity contribution in [2.75, 3.05) is 0 Å². The van der Waals surface area contributed by atoms with Crippen LogP contribution in [0.15, 0.2) is 18.2 Å². The van der Waals surface area contributed by atoms with Crippen LogP contribution in [0.1, 0.15) is 31.7 Å². The summed E-state index contributed by atoms with van der Waals surface area (Å²) in [6.07, 6.45) is 3.93. The van der Waals surface area contributed by atoms with Gasteiger partial charge in [0.05, 0.1) is 0 Å². The first kappa shape index (κ1) is 11.4. The van der Waals surface area contributed by atoms with E-state index in [2.05, 4.69) is 12.2 Å². The van der Waals surface area contributed by atoms with E-state index in [1.54, 1.807) is 6.07 Å². The molecule has 0 heterocycles. The molecule has 0 saturated heterocycles. The Bertz CT molecular complexity index is 363. The second-order valence-corrected chi connectivity index (χ2v) is 4.75. The Morgan fingerprint density at radius 2 is 2.25 bits per heavy atom. The van der Waals surface area contributed by atoms with Gasteiger partial charge in [0.2, 0.25) is 0 Å². The third kappa shape index (κ3) is 3.20. The molecule has 0 aromatic heterocycles. The summed E-state index contributed by atoms with van der Waals surface area (Å²) in [6, 6.07) is 5.00. The number of phenolic OH excluding ortho intramolecular Hbond substituents is 1. The van der Waals surface area contributed by atoms with E-state index in [4.69, 9.17) is 5.11 Å². The third-order valence-electron chi connectivity index (χ3n) is 3.05. The van der Waals surface area contributed by atoms with E-state index in [-0.39, 0.29) is 5.75 Å². The molecule has 1 atom stereocenters. The van der Waals surface area contributed by atoms with Crippen molar-refractivity contribution in [3.63, 3.8) is 0 Å². The van der Waals surface area contributed by atoms with Crippen LogP contribution in [0, 0.1) is 11.7 Å². The fourth-order valence-corrected chi connectivity index (χ4v) is 1.89. The molecule has 0 bridgehead atoms. The Morgan fingerprint density at radius 1 is 1.50 bits per heavy atom. The highest BCUT2D eigenvalue weighted by Crippen LogP contribution is 2.33. The summed E-state index contributed by atoms with van der Waals surface area (Å²) in [5, 5.41) is 12.4. The van der Waals surface area contributed by atoms with Gasteiger partial charge in [-0.3, -0.25) is 0 Å². The first-order chi connectivity index (χ1) is 7.65. The van der Waals surface area contributed by atoms with Crippen molar-refractivity contribution in [2.45, 2.75) is 38.8 Å². The number of hydrogen-bond acceptors (Lipinski definition) is 2. The summed E-state index contributed by atoms with van der Waals surface area (Å²) in [6.45, 7) is 2.82. The minimum atomic E-state index is -0.547. The predicted molar refractivity (Wildman–Crippen MR) is 61.7 cm³/mol. The van der Waals surface area contributed by atoms with Crippen molar-refractivity contribution in [1.29, 1.82) is 0 Å². The lowest BCUT2D eigenvalue weighted by Crippen LogP contribution is -2.25. The standard InChI is InChI=1S/C13H18FNO/c1-9(6-10-2-3-10)15-8-11-4-5-13(16)12(14)7-11/h4-5,7,9-10,15-16H,2-3,6,8H2,1H3. The zero-order valence-electron chi connectivity index (χ0n) is 9.54. The Labute approximate surface area is 95.5 Å². The molecule has 0 amide bonds. The summed E-state index contributed by atoms with van der Waals surface area (Å²) in [5.41, 5.74) is 0.873. The van der Waals surface area contributed by atoms with Crippen LogP contribution in [0.5, 0.6) is 5.75 Å². The first-order valence-electron chi connectivity index (χ1n) is 5.86. The molecule has 0 radical (unpaired) electrons. The number of benzene rings is 1. The summed E-state index contributed by atoms with van der Waals surface area (Å²) in [4.78, 5) is 0. The summed E-state index contributed by atoms with van der Waals surface area (Å²) < 4.78 is 13.0. The van der Waals surface area contributed by atoms with Crippen LogP contribution in [-0.2, 0) is 6.54 Å². The molecule has 1 aliphatic rings. The van der Waals surface area contributed by atoms with Gasteiger partial charge in [-0.25, -0.2) is 4.39 Å². The first-order valence-corrected chi connectivity index (χ1v) is 5.86. The molecule has 16 heavy (non-hydrogen) atoms. The van der Waals surface area contributed by atoms with Crippen molar-refractivity contribution in [1.82, 2.24) is 5.32 Å². The molecule has 0 spiro atoms. The monoisotopic (exact) mass is 223 g/mol. The number of halogens is 1. The molecule has 3 heteroatoms. The largest absolute Gasteiger partial charge is 0.505 e. The average Bonchev–Trinajstić information content (AvgIpc) is 3.04. The molecule has 2 rings (SSSR count). The van der Waals surface area contributed by atoms with Gasteiger partial charge in [-0.2, -0.15) is 0 Å². The van der Waals surface area contributed by atoms with Crippen LogP contribution in [0.2, 0.25) is 0 Å². The third-order valence-corrected chi connectivity index (χ3v) is 3.05. The van der Waals surface area contributed by atoms with E-state index in [1.165, 1.54) is 31.4 Å². The van der Waals surface area contributed by atoms with Gasteiger partial charge < -0.3 is 10.4 Å². The molecule has 1 aromatic carbocycles. The van der Waals surface area contributed by atoms with Gasteiger partial charge in [-0.15, -0.1) is 0 Å². The van der Waals surface area contributed by atoms with Gasteiger partial charge in [0.25, 0.3) is 0 Å². The maximum absolute atomic E-state index is 13.0. The van der Waals surface area contributed by atoms with Crippen LogP contribution < -0.4 is 5.32 Å². The highest BCUT2D eigenvalue weighted by atomic mass is 19.1. The maximum Gasteiger partial charge on any atom is 0.165 e. The number of rotatable bonds is 5. The summed E-state index contributed by atoms with van der Waals surface area (Å²) in [7, 11) is 0. The molecule has 1 fully saturated rings.